The lowest BCUT2D eigenvalue weighted by Crippen LogP contribution is -2.37. The van der Waals surface area contributed by atoms with E-state index < -0.39 is 0 Å². The van der Waals surface area contributed by atoms with Crippen LogP contribution in [0.4, 0.5) is 0 Å². The average Bonchev–Trinajstić information content (AvgIpc) is 2.82. The van der Waals surface area contributed by atoms with Gasteiger partial charge in [0.2, 0.25) is 0 Å². The highest BCUT2D eigenvalue weighted by Crippen LogP contribution is 2.18. The van der Waals surface area contributed by atoms with Crippen LogP contribution in [0.5, 0.6) is 0 Å². The van der Waals surface area contributed by atoms with Crippen LogP contribution >= 0.6 is 0 Å². The maximum atomic E-state index is 5.93. The summed E-state index contributed by atoms with van der Waals surface area (Å²) >= 11 is 0. The van der Waals surface area contributed by atoms with Crippen LogP contribution in [0.15, 0.2) is 4.99 Å². The highest BCUT2D eigenvalue weighted by atomic mass is 15.2. The molecular weight excluding hydrogens is 248 g/mol. The van der Waals surface area contributed by atoms with Crippen molar-refractivity contribution in [2.24, 2.45) is 16.6 Å². The molecule has 1 aliphatic heterocycles. The number of rotatable bonds is 9. The topological polar surface area (TPSA) is 53.6 Å². The molecule has 20 heavy (non-hydrogen) atoms. The molecule has 1 aliphatic rings. The first-order valence-electron chi connectivity index (χ1n) is 8.41. The molecule has 1 fully saturated rings. The van der Waals surface area contributed by atoms with Crippen molar-refractivity contribution in [1.82, 2.24) is 10.2 Å². The first-order valence-corrected chi connectivity index (χ1v) is 8.41. The molecule has 0 aromatic carbocycles. The van der Waals surface area contributed by atoms with E-state index in [-0.39, 0.29) is 0 Å². The third-order valence-electron chi connectivity index (χ3n) is 3.91. The van der Waals surface area contributed by atoms with E-state index >= 15 is 0 Å². The lowest BCUT2D eigenvalue weighted by molar-refractivity contribution is 0.231. The minimum atomic E-state index is 0.595. The standard InChI is InChI=1S/C16H34N4/c1-4-5-6-7-10-18-16(17)19-12-15-9-8-11-20(15)13-14(2)3/h14-15H,4-13H2,1-3H3,(H3,17,18,19)/t15-/m1/s1. The molecule has 0 spiro atoms. The van der Waals surface area contributed by atoms with E-state index in [1.165, 1.54) is 51.6 Å². The van der Waals surface area contributed by atoms with Crippen LogP contribution in [0, 0.1) is 5.92 Å². The molecule has 0 amide bonds. The van der Waals surface area contributed by atoms with Gasteiger partial charge in [0.1, 0.15) is 0 Å². The van der Waals surface area contributed by atoms with Crippen molar-refractivity contribution in [3.05, 3.63) is 0 Å². The fourth-order valence-corrected chi connectivity index (χ4v) is 2.84. The van der Waals surface area contributed by atoms with Crippen molar-refractivity contribution in [2.75, 3.05) is 26.2 Å². The molecule has 3 N–H and O–H groups in total. The Morgan fingerprint density at radius 3 is 2.85 bits per heavy atom. The smallest absolute Gasteiger partial charge is 0.188 e. The highest BCUT2D eigenvalue weighted by molar-refractivity contribution is 5.77. The zero-order valence-electron chi connectivity index (χ0n) is 13.7. The summed E-state index contributed by atoms with van der Waals surface area (Å²) in [6.45, 7) is 11.0. The lowest BCUT2D eigenvalue weighted by atomic mass is 10.2. The van der Waals surface area contributed by atoms with Crippen LogP contribution in [-0.2, 0) is 0 Å². The number of unbranched alkanes of at least 4 members (excludes halogenated alkanes) is 3. The Balaban J connectivity index is 2.20. The average molecular weight is 282 g/mol. The van der Waals surface area contributed by atoms with Crippen molar-refractivity contribution in [1.29, 1.82) is 0 Å². The fraction of sp³-hybridized carbons (Fsp3) is 0.938. The number of nitrogens with zero attached hydrogens (tertiary/aromatic N) is 2. The van der Waals surface area contributed by atoms with Gasteiger partial charge in [-0.25, -0.2) is 0 Å². The molecule has 0 aliphatic carbocycles. The van der Waals surface area contributed by atoms with Gasteiger partial charge in [0.15, 0.2) is 5.96 Å². The quantitative estimate of drug-likeness (QED) is 0.388. The third kappa shape index (κ3) is 7.13. The number of aliphatic imine (C=N–C) groups is 1. The molecule has 1 heterocycles. The van der Waals surface area contributed by atoms with E-state index in [0.29, 0.717) is 12.0 Å². The maximum absolute atomic E-state index is 5.93. The van der Waals surface area contributed by atoms with Gasteiger partial charge in [0.05, 0.1) is 6.54 Å². The summed E-state index contributed by atoms with van der Waals surface area (Å²) in [6, 6.07) is 0.595. The molecule has 0 unspecified atom stereocenters. The molecule has 0 saturated carbocycles. The lowest BCUT2D eigenvalue weighted by Gasteiger charge is -2.24. The largest absolute Gasteiger partial charge is 0.370 e. The number of hydrogen-bond donors (Lipinski definition) is 2. The summed E-state index contributed by atoms with van der Waals surface area (Å²) < 4.78 is 0. The third-order valence-corrected chi connectivity index (χ3v) is 3.91. The number of hydrogen-bond acceptors (Lipinski definition) is 2. The van der Waals surface area contributed by atoms with Crippen LogP contribution < -0.4 is 11.1 Å². The molecular formula is C16H34N4. The molecule has 118 valence electrons. The van der Waals surface area contributed by atoms with Gasteiger partial charge in [-0.3, -0.25) is 9.89 Å². The molecule has 0 aromatic rings. The van der Waals surface area contributed by atoms with Crippen LogP contribution in [0.2, 0.25) is 0 Å². The summed E-state index contributed by atoms with van der Waals surface area (Å²) in [4.78, 5) is 7.10. The van der Waals surface area contributed by atoms with Crippen molar-refractivity contribution in [3.63, 3.8) is 0 Å². The normalized spacial score (nSPS) is 20.8. The van der Waals surface area contributed by atoms with Crippen molar-refractivity contribution >= 4 is 5.96 Å². The first kappa shape index (κ1) is 17.3. The van der Waals surface area contributed by atoms with Gasteiger partial charge in [-0.1, -0.05) is 40.0 Å². The SMILES string of the molecule is CCCCCCNC(N)=NC[C@H]1CCCN1CC(C)C. The van der Waals surface area contributed by atoms with Crippen LogP contribution in [0.1, 0.15) is 59.3 Å². The van der Waals surface area contributed by atoms with Gasteiger partial charge >= 0.3 is 0 Å². The van der Waals surface area contributed by atoms with E-state index in [9.17, 15) is 0 Å². The molecule has 4 nitrogen and oxygen atoms in total. The van der Waals surface area contributed by atoms with E-state index in [1.807, 2.05) is 0 Å². The van der Waals surface area contributed by atoms with Crippen LogP contribution in [-0.4, -0.2) is 43.1 Å². The van der Waals surface area contributed by atoms with Crippen molar-refractivity contribution in [2.45, 2.75) is 65.3 Å². The predicted molar refractivity (Wildman–Crippen MR) is 88.1 cm³/mol. The second-order valence-corrected chi connectivity index (χ2v) is 6.40. The van der Waals surface area contributed by atoms with Gasteiger partial charge in [0, 0.05) is 19.1 Å². The summed E-state index contributed by atoms with van der Waals surface area (Å²) in [7, 11) is 0. The number of nitrogens with one attached hydrogen (secondary N) is 1. The Labute approximate surface area is 125 Å². The zero-order valence-corrected chi connectivity index (χ0v) is 13.7. The summed E-state index contributed by atoms with van der Waals surface area (Å²) in [5, 5.41) is 3.23. The zero-order chi connectivity index (χ0) is 14.8. The Hall–Kier alpha value is -0.770. The fourth-order valence-electron chi connectivity index (χ4n) is 2.84. The Morgan fingerprint density at radius 1 is 1.35 bits per heavy atom. The highest BCUT2D eigenvalue weighted by Gasteiger charge is 2.24. The second-order valence-electron chi connectivity index (χ2n) is 6.40. The molecule has 1 atom stereocenters. The number of likely N-dealkylation sites (tertiary alicyclic amines) is 1. The van der Waals surface area contributed by atoms with Crippen molar-refractivity contribution in [3.8, 4) is 0 Å². The van der Waals surface area contributed by atoms with Crippen molar-refractivity contribution < 1.29 is 0 Å². The van der Waals surface area contributed by atoms with E-state index in [1.54, 1.807) is 0 Å². The molecule has 0 aromatic heterocycles. The minimum Gasteiger partial charge on any atom is -0.370 e. The van der Waals surface area contributed by atoms with E-state index in [4.69, 9.17) is 5.73 Å². The maximum Gasteiger partial charge on any atom is 0.188 e. The van der Waals surface area contributed by atoms with Gasteiger partial charge in [0.25, 0.3) is 0 Å². The predicted octanol–water partition coefficient (Wildman–Crippen LogP) is 2.59. The van der Waals surface area contributed by atoms with Crippen LogP contribution in [0.3, 0.4) is 0 Å². The molecule has 0 bridgehead atoms. The monoisotopic (exact) mass is 282 g/mol. The van der Waals surface area contributed by atoms with Gasteiger partial charge < -0.3 is 11.1 Å². The first-order chi connectivity index (χ1) is 9.63. The molecule has 0 radical (unpaired) electrons. The number of guanidine groups is 1. The van der Waals surface area contributed by atoms with Gasteiger partial charge in [-0.05, 0) is 31.7 Å². The van der Waals surface area contributed by atoms with Gasteiger partial charge in [-0.15, -0.1) is 0 Å². The minimum absolute atomic E-state index is 0.595. The van der Waals surface area contributed by atoms with Gasteiger partial charge in [-0.2, -0.15) is 0 Å². The van der Waals surface area contributed by atoms with E-state index in [2.05, 4.69) is 36.0 Å². The Morgan fingerprint density at radius 2 is 2.15 bits per heavy atom. The summed E-state index contributed by atoms with van der Waals surface area (Å²) in [6.07, 6.45) is 7.62. The van der Waals surface area contributed by atoms with Crippen LogP contribution in [0.25, 0.3) is 0 Å². The van der Waals surface area contributed by atoms with E-state index in [0.717, 1.165) is 19.0 Å². The molecule has 4 heteroatoms. The number of nitrogens with two attached hydrogens (primary N) is 1. The molecule has 1 saturated heterocycles. The molecule has 1 rings (SSSR count). The summed E-state index contributed by atoms with van der Waals surface area (Å²) in [5.41, 5.74) is 5.93. The Bertz CT molecular complexity index is 276. The second kappa shape index (κ2) is 10.0. The Kier molecular flexibility index (Phi) is 8.67. The summed E-state index contributed by atoms with van der Waals surface area (Å²) in [5.74, 6) is 1.35.